The second-order valence-electron chi connectivity index (χ2n) is 6.72. The highest BCUT2D eigenvalue weighted by atomic mass is 16.5. The van der Waals surface area contributed by atoms with Crippen molar-refractivity contribution in [1.29, 1.82) is 0 Å². The van der Waals surface area contributed by atoms with Gasteiger partial charge in [-0.25, -0.2) is 0 Å². The van der Waals surface area contributed by atoms with E-state index in [0.717, 1.165) is 31.7 Å². The minimum atomic E-state index is -0.0854. The molecule has 4 atom stereocenters. The topological polar surface area (TPSA) is 41.5 Å². The molecule has 4 unspecified atom stereocenters. The Balaban J connectivity index is 1.86. The van der Waals surface area contributed by atoms with Crippen LogP contribution in [0.2, 0.25) is 0 Å². The third-order valence-electron chi connectivity index (χ3n) is 4.93. The highest BCUT2D eigenvalue weighted by molar-refractivity contribution is 4.94. The number of rotatable bonds is 5. The van der Waals surface area contributed by atoms with Gasteiger partial charge in [0.15, 0.2) is 0 Å². The van der Waals surface area contributed by atoms with E-state index in [9.17, 15) is 5.11 Å². The van der Waals surface area contributed by atoms with E-state index < -0.39 is 0 Å². The second-order valence-corrected chi connectivity index (χ2v) is 6.72. The van der Waals surface area contributed by atoms with Crippen molar-refractivity contribution in [2.45, 2.75) is 83.0 Å². The average Bonchev–Trinajstić information content (AvgIpc) is 2.39. The van der Waals surface area contributed by atoms with E-state index in [1.165, 1.54) is 32.1 Å². The van der Waals surface area contributed by atoms with Crippen LogP contribution in [-0.4, -0.2) is 36.0 Å². The summed E-state index contributed by atoms with van der Waals surface area (Å²) in [5.41, 5.74) is -0.0854. The molecule has 3 nitrogen and oxygen atoms in total. The lowest BCUT2D eigenvalue weighted by Gasteiger charge is -2.42. The van der Waals surface area contributed by atoms with Gasteiger partial charge >= 0.3 is 0 Å². The van der Waals surface area contributed by atoms with Crippen LogP contribution in [0.15, 0.2) is 0 Å². The number of likely N-dealkylation sites (N-methyl/N-ethyl adjacent to an activating group) is 1. The van der Waals surface area contributed by atoms with Crippen LogP contribution in [0.4, 0.5) is 0 Å². The van der Waals surface area contributed by atoms with Crippen LogP contribution in [0.5, 0.6) is 0 Å². The summed E-state index contributed by atoms with van der Waals surface area (Å²) in [4.78, 5) is 0. The Morgan fingerprint density at radius 3 is 2.68 bits per heavy atom. The molecular weight excluding hydrogens is 238 g/mol. The monoisotopic (exact) mass is 269 g/mol. The lowest BCUT2D eigenvalue weighted by Crippen LogP contribution is -2.53. The van der Waals surface area contributed by atoms with Gasteiger partial charge in [-0.3, -0.25) is 0 Å². The zero-order chi connectivity index (χ0) is 13.7. The first kappa shape index (κ1) is 15.3. The SMILES string of the molecule is CCNC1(CO)CCCC(OC2CCCC(C)C2)C1. The Kier molecular flexibility index (Phi) is 5.67. The van der Waals surface area contributed by atoms with Crippen molar-refractivity contribution in [3.63, 3.8) is 0 Å². The molecule has 0 aliphatic heterocycles. The zero-order valence-electron chi connectivity index (χ0n) is 12.7. The Morgan fingerprint density at radius 2 is 2.00 bits per heavy atom. The summed E-state index contributed by atoms with van der Waals surface area (Å²) in [6.45, 7) is 5.62. The molecular formula is C16H31NO2. The average molecular weight is 269 g/mol. The molecule has 19 heavy (non-hydrogen) atoms. The van der Waals surface area contributed by atoms with Crippen molar-refractivity contribution in [3.8, 4) is 0 Å². The number of ether oxygens (including phenoxy) is 1. The third-order valence-corrected chi connectivity index (χ3v) is 4.93. The van der Waals surface area contributed by atoms with E-state index >= 15 is 0 Å². The van der Waals surface area contributed by atoms with E-state index in [-0.39, 0.29) is 12.1 Å². The van der Waals surface area contributed by atoms with E-state index in [1.54, 1.807) is 0 Å². The molecule has 0 radical (unpaired) electrons. The molecule has 2 aliphatic rings. The second kappa shape index (κ2) is 7.05. The Labute approximate surface area is 118 Å². The molecule has 2 saturated carbocycles. The van der Waals surface area contributed by atoms with Gasteiger partial charge in [-0.2, -0.15) is 0 Å². The van der Waals surface area contributed by atoms with Crippen LogP contribution < -0.4 is 5.32 Å². The maximum Gasteiger partial charge on any atom is 0.0614 e. The number of aliphatic hydroxyl groups excluding tert-OH is 1. The first-order valence-corrected chi connectivity index (χ1v) is 8.19. The van der Waals surface area contributed by atoms with Gasteiger partial charge in [0, 0.05) is 5.54 Å². The minimum Gasteiger partial charge on any atom is -0.394 e. The molecule has 2 fully saturated rings. The number of hydrogen-bond acceptors (Lipinski definition) is 3. The van der Waals surface area contributed by atoms with Gasteiger partial charge in [-0.15, -0.1) is 0 Å². The summed E-state index contributed by atoms with van der Waals surface area (Å²) in [5, 5.41) is 13.2. The Morgan fingerprint density at radius 1 is 1.21 bits per heavy atom. The number of hydrogen-bond donors (Lipinski definition) is 2. The van der Waals surface area contributed by atoms with Gasteiger partial charge in [0.25, 0.3) is 0 Å². The fourth-order valence-corrected chi connectivity index (χ4v) is 3.93. The van der Waals surface area contributed by atoms with Gasteiger partial charge in [0.05, 0.1) is 18.8 Å². The predicted molar refractivity (Wildman–Crippen MR) is 78.3 cm³/mol. The molecule has 3 heteroatoms. The quantitative estimate of drug-likeness (QED) is 0.806. The van der Waals surface area contributed by atoms with Crippen molar-refractivity contribution < 1.29 is 9.84 Å². The number of nitrogens with one attached hydrogen (secondary N) is 1. The fraction of sp³-hybridized carbons (Fsp3) is 1.00. The van der Waals surface area contributed by atoms with Crippen molar-refractivity contribution in [2.24, 2.45) is 5.92 Å². The van der Waals surface area contributed by atoms with Gasteiger partial charge in [0.1, 0.15) is 0 Å². The summed E-state index contributed by atoms with van der Waals surface area (Å²) in [6, 6.07) is 0. The molecule has 0 spiro atoms. The molecule has 2 aliphatic carbocycles. The van der Waals surface area contributed by atoms with Crippen LogP contribution in [-0.2, 0) is 4.74 Å². The van der Waals surface area contributed by atoms with E-state index in [0.29, 0.717) is 12.2 Å². The molecule has 0 amide bonds. The maximum atomic E-state index is 9.72. The standard InChI is InChI=1S/C16H31NO2/c1-3-17-16(12-18)9-5-8-15(11-16)19-14-7-4-6-13(2)10-14/h13-15,17-18H,3-12H2,1-2H3. The lowest BCUT2D eigenvalue weighted by atomic mass is 9.80. The molecule has 0 heterocycles. The lowest BCUT2D eigenvalue weighted by molar-refractivity contribution is -0.0744. The zero-order valence-corrected chi connectivity index (χ0v) is 12.7. The third kappa shape index (κ3) is 4.17. The van der Waals surface area contributed by atoms with Crippen LogP contribution in [0.3, 0.4) is 0 Å². The molecule has 2 N–H and O–H groups in total. The molecule has 0 aromatic rings. The maximum absolute atomic E-state index is 9.72. The van der Waals surface area contributed by atoms with Crippen LogP contribution >= 0.6 is 0 Å². The van der Waals surface area contributed by atoms with E-state index in [2.05, 4.69) is 19.2 Å². The van der Waals surface area contributed by atoms with Gasteiger partial charge in [0.2, 0.25) is 0 Å². The first-order chi connectivity index (χ1) is 9.17. The molecule has 0 aromatic heterocycles. The van der Waals surface area contributed by atoms with Crippen LogP contribution in [0.25, 0.3) is 0 Å². The minimum absolute atomic E-state index is 0.0854. The predicted octanol–water partition coefficient (Wildman–Crippen LogP) is 2.86. The normalized spacial score (nSPS) is 40.3. The fourth-order valence-electron chi connectivity index (χ4n) is 3.93. The van der Waals surface area contributed by atoms with Gasteiger partial charge < -0.3 is 15.2 Å². The molecule has 0 aromatic carbocycles. The van der Waals surface area contributed by atoms with Crippen molar-refractivity contribution in [2.75, 3.05) is 13.2 Å². The van der Waals surface area contributed by atoms with Crippen molar-refractivity contribution in [3.05, 3.63) is 0 Å². The molecule has 0 bridgehead atoms. The molecule has 0 saturated heterocycles. The molecule has 2 rings (SSSR count). The van der Waals surface area contributed by atoms with Crippen molar-refractivity contribution >= 4 is 0 Å². The summed E-state index contributed by atoms with van der Waals surface area (Å²) < 4.78 is 6.35. The van der Waals surface area contributed by atoms with Crippen LogP contribution in [0.1, 0.15) is 65.2 Å². The smallest absolute Gasteiger partial charge is 0.0614 e. The first-order valence-electron chi connectivity index (χ1n) is 8.19. The van der Waals surface area contributed by atoms with Crippen molar-refractivity contribution in [1.82, 2.24) is 5.32 Å². The Hall–Kier alpha value is -0.120. The molecule has 112 valence electrons. The summed E-state index contributed by atoms with van der Waals surface area (Å²) in [5.74, 6) is 0.818. The number of aliphatic hydroxyl groups is 1. The van der Waals surface area contributed by atoms with Crippen LogP contribution in [0, 0.1) is 5.92 Å². The van der Waals surface area contributed by atoms with E-state index in [4.69, 9.17) is 4.74 Å². The summed E-state index contributed by atoms with van der Waals surface area (Å²) in [7, 11) is 0. The highest BCUT2D eigenvalue weighted by Gasteiger charge is 2.36. The Bertz CT molecular complexity index is 267. The van der Waals surface area contributed by atoms with Gasteiger partial charge in [-0.05, 0) is 51.0 Å². The van der Waals surface area contributed by atoms with E-state index in [1.807, 2.05) is 0 Å². The summed E-state index contributed by atoms with van der Waals surface area (Å²) in [6.07, 6.45) is 10.3. The van der Waals surface area contributed by atoms with Gasteiger partial charge in [-0.1, -0.05) is 26.7 Å². The summed E-state index contributed by atoms with van der Waals surface area (Å²) >= 11 is 0. The highest BCUT2D eigenvalue weighted by Crippen LogP contribution is 2.33. The largest absolute Gasteiger partial charge is 0.394 e.